The third-order valence-corrected chi connectivity index (χ3v) is 5.70. The van der Waals surface area contributed by atoms with Gasteiger partial charge in [0, 0.05) is 31.5 Å². The van der Waals surface area contributed by atoms with Crippen molar-refractivity contribution < 1.29 is 22.7 Å². The highest BCUT2D eigenvalue weighted by atomic mass is 32.2. The number of imidazole rings is 1. The van der Waals surface area contributed by atoms with Gasteiger partial charge in [-0.3, -0.25) is 9.52 Å². The molecule has 0 atom stereocenters. The Morgan fingerprint density at radius 2 is 1.94 bits per heavy atom. The Hall–Kier alpha value is -3.53. The number of nitrogens with one attached hydrogen (secondary N) is 2. The van der Waals surface area contributed by atoms with Crippen LogP contribution >= 0.6 is 0 Å². The van der Waals surface area contributed by atoms with E-state index in [1.54, 1.807) is 36.8 Å². The largest absolute Gasteiger partial charge is 0.497 e. The summed E-state index contributed by atoms with van der Waals surface area (Å²) in [6.45, 7) is 1.13. The van der Waals surface area contributed by atoms with Crippen molar-refractivity contribution in [2.24, 2.45) is 0 Å². The van der Waals surface area contributed by atoms with E-state index in [4.69, 9.17) is 9.47 Å². The van der Waals surface area contributed by atoms with Gasteiger partial charge in [-0.2, -0.15) is 0 Å². The molecular weight excluding hydrogens is 420 g/mol. The third-order valence-electron chi connectivity index (χ3n) is 4.30. The third kappa shape index (κ3) is 6.75. The highest BCUT2D eigenvalue weighted by Gasteiger charge is 2.15. The van der Waals surface area contributed by atoms with E-state index in [0.717, 1.165) is 13.0 Å². The van der Waals surface area contributed by atoms with E-state index in [-0.39, 0.29) is 17.4 Å². The van der Waals surface area contributed by atoms with Crippen LogP contribution in [0.3, 0.4) is 0 Å². The summed E-state index contributed by atoms with van der Waals surface area (Å²) in [6.07, 6.45) is 6.06. The van der Waals surface area contributed by atoms with Crippen LogP contribution in [-0.4, -0.2) is 44.1 Å². The first-order chi connectivity index (χ1) is 15.0. The summed E-state index contributed by atoms with van der Waals surface area (Å²) >= 11 is 0. The van der Waals surface area contributed by atoms with E-state index in [9.17, 15) is 13.2 Å². The van der Waals surface area contributed by atoms with E-state index >= 15 is 0 Å². The van der Waals surface area contributed by atoms with Gasteiger partial charge in [-0.1, -0.05) is 6.07 Å². The minimum Gasteiger partial charge on any atom is -0.497 e. The van der Waals surface area contributed by atoms with Gasteiger partial charge in [-0.05, 0) is 42.8 Å². The molecule has 10 heteroatoms. The van der Waals surface area contributed by atoms with Crippen molar-refractivity contribution in [1.29, 1.82) is 0 Å². The molecule has 0 saturated heterocycles. The van der Waals surface area contributed by atoms with E-state index < -0.39 is 10.0 Å². The molecule has 0 spiro atoms. The predicted molar refractivity (Wildman–Crippen MR) is 116 cm³/mol. The summed E-state index contributed by atoms with van der Waals surface area (Å²) in [6, 6.07) is 12.5. The second-order valence-electron chi connectivity index (χ2n) is 6.60. The summed E-state index contributed by atoms with van der Waals surface area (Å²) in [5.41, 5.74) is 0.393. The van der Waals surface area contributed by atoms with Crippen molar-refractivity contribution in [3.63, 3.8) is 0 Å². The van der Waals surface area contributed by atoms with Gasteiger partial charge in [-0.15, -0.1) is 0 Å². The lowest BCUT2D eigenvalue weighted by atomic mass is 10.3. The standard InChI is InChI=1S/C21H24N4O5S/c1-29-19-5-2-4-17(14-19)24-31(27,28)20-8-6-18(7-9-20)30-15-21(26)23-10-3-12-25-13-11-22-16-25/h2,4-9,11,13-14,16,24H,3,10,12,15H2,1H3,(H,23,26). The number of aryl methyl sites for hydroxylation is 1. The zero-order chi connectivity index (χ0) is 22.1. The van der Waals surface area contributed by atoms with Crippen LogP contribution in [0, 0.1) is 0 Å². The predicted octanol–water partition coefficient (Wildman–Crippen LogP) is 2.28. The number of hydrogen-bond acceptors (Lipinski definition) is 6. The molecule has 0 aliphatic heterocycles. The van der Waals surface area contributed by atoms with Crippen molar-refractivity contribution in [1.82, 2.24) is 14.9 Å². The smallest absolute Gasteiger partial charge is 0.261 e. The molecule has 2 aromatic carbocycles. The van der Waals surface area contributed by atoms with Crippen molar-refractivity contribution in [3.05, 3.63) is 67.3 Å². The van der Waals surface area contributed by atoms with Gasteiger partial charge in [0.25, 0.3) is 15.9 Å². The van der Waals surface area contributed by atoms with Crippen LogP contribution in [0.1, 0.15) is 6.42 Å². The molecule has 9 nitrogen and oxygen atoms in total. The van der Waals surface area contributed by atoms with Crippen LogP contribution in [0.15, 0.2) is 72.1 Å². The maximum Gasteiger partial charge on any atom is 0.261 e. The second kappa shape index (κ2) is 10.5. The maximum atomic E-state index is 12.5. The van der Waals surface area contributed by atoms with Crippen molar-refractivity contribution in [2.75, 3.05) is 25.0 Å². The minimum absolute atomic E-state index is 0.0756. The molecule has 0 radical (unpaired) electrons. The lowest BCUT2D eigenvalue weighted by molar-refractivity contribution is -0.123. The van der Waals surface area contributed by atoms with E-state index in [0.29, 0.717) is 23.7 Å². The summed E-state index contributed by atoms with van der Waals surface area (Å²) in [5, 5.41) is 2.77. The molecule has 31 heavy (non-hydrogen) atoms. The van der Waals surface area contributed by atoms with Crippen LogP contribution in [0.4, 0.5) is 5.69 Å². The number of aromatic nitrogens is 2. The highest BCUT2D eigenvalue weighted by Crippen LogP contribution is 2.22. The Labute approximate surface area is 181 Å². The Morgan fingerprint density at radius 1 is 1.13 bits per heavy atom. The van der Waals surface area contributed by atoms with Crippen LogP contribution < -0.4 is 19.5 Å². The molecule has 0 bridgehead atoms. The van der Waals surface area contributed by atoms with Crippen LogP contribution in [-0.2, 0) is 21.4 Å². The van der Waals surface area contributed by atoms with Gasteiger partial charge >= 0.3 is 0 Å². The van der Waals surface area contributed by atoms with Gasteiger partial charge in [0.05, 0.1) is 24.0 Å². The number of carbonyl (C=O) groups excluding carboxylic acids is 1. The van der Waals surface area contributed by atoms with Crippen molar-refractivity contribution in [2.45, 2.75) is 17.9 Å². The topological polar surface area (TPSA) is 112 Å². The molecule has 0 aliphatic rings. The van der Waals surface area contributed by atoms with Gasteiger partial charge in [0.1, 0.15) is 11.5 Å². The van der Waals surface area contributed by atoms with Gasteiger partial charge in [0.2, 0.25) is 0 Å². The Balaban J connectivity index is 1.46. The van der Waals surface area contributed by atoms with Crippen LogP contribution in [0.2, 0.25) is 0 Å². The summed E-state index contributed by atoms with van der Waals surface area (Å²) in [4.78, 5) is 15.9. The fourth-order valence-electron chi connectivity index (χ4n) is 2.72. The number of hydrogen-bond donors (Lipinski definition) is 2. The molecule has 0 aliphatic carbocycles. The first kappa shape index (κ1) is 22.2. The van der Waals surface area contributed by atoms with E-state index in [2.05, 4.69) is 15.0 Å². The average Bonchev–Trinajstić information content (AvgIpc) is 3.29. The minimum atomic E-state index is -3.77. The number of amides is 1. The number of rotatable bonds is 11. The first-order valence-corrected chi connectivity index (χ1v) is 11.1. The van der Waals surface area contributed by atoms with Crippen LogP contribution in [0.5, 0.6) is 11.5 Å². The number of benzene rings is 2. The lowest BCUT2D eigenvalue weighted by Gasteiger charge is -2.11. The molecule has 1 aromatic heterocycles. The quantitative estimate of drug-likeness (QED) is 0.439. The zero-order valence-electron chi connectivity index (χ0n) is 17.0. The fraction of sp³-hybridized carbons (Fsp3) is 0.238. The van der Waals surface area contributed by atoms with E-state index in [1.165, 1.54) is 31.4 Å². The molecule has 3 aromatic rings. The molecule has 0 saturated carbocycles. The van der Waals surface area contributed by atoms with Gasteiger partial charge < -0.3 is 19.4 Å². The number of sulfonamides is 1. The summed E-state index contributed by atoms with van der Waals surface area (Å²) in [7, 11) is -2.26. The second-order valence-corrected chi connectivity index (χ2v) is 8.28. The van der Waals surface area contributed by atoms with Gasteiger partial charge in [0.15, 0.2) is 6.61 Å². The SMILES string of the molecule is COc1cccc(NS(=O)(=O)c2ccc(OCC(=O)NCCCn3ccnc3)cc2)c1. The monoisotopic (exact) mass is 444 g/mol. The highest BCUT2D eigenvalue weighted by molar-refractivity contribution is 7.92. The van der Waals surface area contributed by atoms with E-state index in [1.807, 2.05) is 10.8 Å². The van der Waals surface area contributed by atoms with Crippen LogP contribution in [0.25, 0.3) is 0 Å². The summed E-state index contributed by atoms with van der Waals surface area (Å²) in [5.74, 6) is 0.694. The number of methoxy groups -OCH3 is 1. The van der Waals surface area contributed by atoms with Crippen molar-refractivity contribution in [3.8, 4) is 11.5 Å². The molecule has 2 N–H and O–H groups in total. The molecule has 164 valence electrons. The number of carbonyl (C=O) groups is 1. The lowest BCUT2D eigenvalue weighted by Crippen LogP contribution is -2.30. The molecule has 3 rings (SSSR count). The molecule has 0 fully saturated rings. The molecule has 1 amide bonds. The Bertz CT molecular complexity index is 1080. The normalized spacial score (nSPS) is 11.0. The molecule has 0 unspecified atom stereocenters. The summed E-state index contributed by atoms with van der Waals surface area (Å²) < 4.78 is 40.1. The zero-order valence-corrected chi connectivity index (χ0v) is 17.8. The average molecular weight is 445 g/mol. The van der Waals surface area contributed by atoms with Crippen molar-refractivity contribution >= 4 is 21.6 Å². The number of anilines is 1. The Kier molecular flexibility index (Phi) is 7.50. The molecular formula is C21H24N4O5S. The Morgan fingerprint density at radius 3 is 2.65 bits per heavy atom. The van der Waals surface area contributed by atoms with Gasteiger partial charge in [-0.25, -0.2) is 13.4 Å². The first-order valence-electron chi connectivity index (χ1n) is 9.58. The number of ether oxygens (including phenoxy) is 2. The number of nitrogens with zero attached hydrogens (tertiary/aromatic N) is 2. The maximum absolute atomic E-state index is 12.5. The molecule has 1 heterocycles. The fourth-order valence-corrected chi connectivity index (χ4v) is 3.77.